The topological polar surface area (TPSA) is 56.1 Å². The third-order valence-electron chi connectivity index (χ3n) is 5.29. The summed E-state index contributed by atoms with van der Waals surface area (Å²) in [6, 6.07) is 16.2. The largest absolute Gasteiger partial charge is 0.492 e. The summed E-state index contributed by atoms with van der Waals surface area (Å²) in [5.41, 5.74) is 3.31. The molecule has 1 atom stereocenters. The number of nitrogens with zero attached hydrogens (tertiary/aromatic N) is 2. The molecule has 4 rings (SSSR count). The van der Waals surface area contributed by atoms with Crippen LogP contribution < -0.4 is 10.1 Å². The maximum absolute atomic E-state index is 12.2. The molecule has 1 unspecified atom stereocenters. The Morgan fingerprint density at radius 1 is 1.21 bits per heavy atom. The fourth-order valence-electron chi connectivity index (χ4n) is 3.48. The summed E-state index contributed by atoms with van der Waals surface area (Å²) in [6.45, 7) is 5.37. The Balaban J connectivity index is 1.49. The minimum absolute atomic E-state index is 0.135. The molecule has 5 heteroatoms. The minimum atomic E-state index is -0.135. The van der Waals surface area contributed by atoms with Gasteiger partial charge in [0, 0.05) is 5.92 Å². The van der Waals surface area contributed by atoms with Crippen LogP contribution in [-0.4, -0.2) is 22.1 Å². The van der Waals surface area contributed by atoms with Crippen molar-refractivity contribution in [2.24, 2.45) is 5.92 Å². The number of rotatable bonds is 8. The molecule has 0 bridgehead atoms. The van der Waals surface area contributed by atoms with Crippen LogP contribution in [0.1, 0.15) is 44.1 Å². The number of carbonyl (C=O) groups excluding carboxylic acids is 1. The van der Waals surface area contributed by atoms with E-state index < -0.39 is 0 Å². The smallest absolute Gasteiger partial charge is 0.223 e. The summed E-state index contributed by atoms with van der Waals surface area (Å²) in [6.07, 6.45) is 3.02. The van der Waals surface area contributed by atoms with Crippen molar-refractivity contribution in [3.05, 3.63) is 59.9 Å². The van der Waals surface area contributed by atoms with Crippen molar-refractivity contribution in [1.82, 2.24) is 14.9 Å². The summed E-state index contributed by atoms with van der Waals surface area (Å²) in [5.74, 6) is 2.08. The molecule has 1 aromatic heterocycles. The first-order chi connectivity index (χ1) is 13.7. The zero-order valence-corrected chi connectivity index (χ0v) is 16.5. The molecule has 1 aliphatic carbocycles. The summed E-state index contributed by atoms with van der Waals surface area (Å²) >= 11 is 0. The van der Waals surface area contributed by atoms with Gasteiger partial charge >= 0.3 is 0 Å². The van der Waals surface area contributed by atoms with E-state index in [2.05, 4.69) is 35.0 Å². The van der Waals surface area contributed by atoms with Gasteiger partial charge in [-0.2, -0.15) is 0 Å². The zero-order valence-electron chi connectivity index (χ0n) is 16.5. The number of para-hydroxylation sites is 2. The standard InChI is InChI=1S/C23H27N3O2/c1-3-17-8-12-19(13-9-17)28-15-14-26-21-7-5-4-6-20(21)25-22(26)16(2)24-23(27)18-10-11-18/h4-9,12-13,16,18H,3,10-11,14-15H2,1-2H3,(H,24,27). The van der Waals surface area contributed by atoms with Gasteiger partial charge in [0.15, 0.2) is 0 Å². The number of hydrogen-bond acceptors (Lipinski definition) is 3. The summed E-state index contributed by atoms with van der Waals surface area (Å²) in [7, 11) is 0. The van der Waals surface area contributed by atoms with Gasteiger partial charge in [-0.05, 0) is 56.0 Å². The highest BCUT2D eigenvalue weighted by atomic mass is 16.5. The third-order valence-corrected chi connectivity index (χ3v) is 5.29. The molecule has 1 heterocycles. The van der Waals surface area contributed by atoms with Gasteiger partial charge in [-0.25, -0.2) is 4.98 Å². The number of hydrogen-bond donors (Lipinski definition) is 1. The van der Waals surface area contributed by atoms with Crippen molar-refractivity contribution in [3.8, 4) is 5.75 Å². The SMILES string of the molecule is CCc1ccc(OCCn2c(C(C)NC(=O)C3CC3)nc3ccccc32)cc1. The van der Waals surface area contributed by atoms with E-state index in [1.165, 1.54) is 5.56 Å². The van der Waals surface area contributed by atoms with Crippen molar-refractivity contribution < 1.29 is 9.53 Å². The first-order valence-electron chi connectivity index (χ1n) is 10.1. The van der Waals surface area contributed by atoms with Crippen LogP contribution >= 0.6 is 0 Å². The van der Waals surface area contributed by atoms with Crippen molar-refractivity contribution in [1.29, 1.82) is 0 Å². The van der Waals surface area contributed by atoms with E-state index in [0.717, 1.165) is 41.9 Å². The van der Waals surface area contributed by atoms with E-state index >= 15 is 0 Å². The first kappa shape index (κ1) is 18.5. The maximum atomic E-state index is 12.2. The number of imidazole rings is 1. The Hall–Kier alpha value is -2.82. The molecule has 0 spiro atoms. The van der Waals surface area contributed by atoms with Crippen molar-refractivity contribution in [3.63, 3.8) is 0 Å². The molecular weight excluding hydrogens is 350 g/mol. The molecule has 0 radical (unpaired) electrons. The van der Waals surface area contributed by atoms with Gasteiger partial charge in [0.25, 0.3) is 0 Å². The maximum Gasteiger partial charge on any atom is 0.223 e. The lowest BCUT2D eigenvalue weighted by molar-refractivity contribution is -0.123. The van der Waals surface area contributed by atoms with Gasteiger partial charge in [0.1, 0.15) is 18.2 Å². The van der Waals surface area contributed by atoms with Gasteiger partial charge in [0.2, 0.25) is 5.91 Å². The Kier molecular flexibility index (Phi) is 5.33. The number of amides is 1. The molecule has 1 N–H and O–H groups in total. The Labute approximate surface area is 165 Å². The summed E-state index contributed by atoms with van der Waals surface area (Å²) in [4.78, 5) is 17.0. The lowest BCUT2D eigenvalue weighted by Crippen LogP contribution is -2.30. The molecule has 28 heavy (non-hydrogen) atoms. The van der Waals surface area contributed by atoms with E-state index in [4.69, 9.17) is 9.72 Å². The monoisotopic (exact) mass is 377 g/mol. The Morgan fingerprint density at radius 3 is 2.68 bits per heavy atom. The summed E-state index contributed by atoms with van der Waals surface area (Å²) < 4.78 is 8.12. The van der Waals surface area contributed by atoms with E-state index in [0.29, 0.717) is 13.2 Å². The molecule has 2 aromatic carbocycles. The number of aryl methyl sites for hydroxylation is 1. The highest BCUT2D eigenvalue weighted by molar-refractivity contribution is 5.81. The second-order valence-electron chi connectivity index (χ2n) is 7.46. The lowest BCUT2D eigenvalue weighted by atomic mass is 10.2. The van der Waals surface area contributed by atoms with Gasteiger partial charge in [-0.15, -0.1) is 0 Å². The molecule has 1 aliphatic rings. The van der Waals surface area contributed by atoms with Gasteiger partial charge < -0.3 is 14.6 Å². The van der Waals surface area contributed by atoms with Crippen LogP contribution in [0.3, 0.4) is 0 Å². The zero-order chi connectivity index (χ0) is 19.5. The van der Waals surface area contributed by atoms with Crippen molar-refractivity contribution in [2.45, 2.75) is 45.7 Å². The van der Waals surface area contributed by atoms with Crippen molar-refractivity contribution >= 4 is 16.9 Å². The number of aromatic nitrogens is 2. The highest BCUT2D eigenvalue weighted by Gasteiger charge is 2.31. The Morgan fingerprint density at radius 2 is 1.96 bits per heavy atom. The van der Waals surface area contributed by atoms with Crippen LogP contribution in [0.5, 0.6) is 5.75 Å². The number of fused-ring (bicyclic) bond motifs is 1. The van der Waals surface area contributed by atoms with Crippen LogP contribution in [0.2, 0.25) is 0 Å². The van der Waals surface area contributed by atoms with Crippen LogP contribution in [0.25, 0.3) is 11.0 Å². The van der Waals surface area contributed by atoms with Crippen LogP contribution in [0.15, 0.2) is 48.5 Å². The third kappa shape index (κ3) is 4.03. The molecule has 5 nitrogen and oxygen atoms in total. The van der Waals surface area contributed by atoms with E-state index in [-0.39, 0.29) is 17.9 Å². The molecule has 0 saturated heterocycles. The minimum Gasteiger partial charge on any atom is -0.492 e. The number of benzene rings is 2. The fourth-order valence-corrected chi connectivity index (χ4v) is 3.48. The van der Waals surface area contributed by atoms with Gasteiger partial charge in [0.05, 0.1) is 23.6 Å². The van der Waals surface area contributed by atoms with Crippen molar-refractivity contribution in [2.75, 3.05) is 6.61 Å². The lowest BCUT2D eigenvalue weighted by Gasteiger charge is -2.16. The molecule has 1 fully saturated rings. The predicted molar refractivity (Wildman–Crippen MR) is 110 cm³/mol. The normalized spacial score (nSPS) is 14.8. The van der Waals surface area contributed by atoms with E-state index in [1.807, 2.05) is 37.3 Å². The van der Waals surface area contributed by atoms with Crippen LogP contribution in [-0.2, 0) is 17.8 Å². The molecule has 146 valence electrons. The predicted octanol–water partition coefficient (Wildman–Crippen LogP) is 4.26. The average molecular weight is 377 g/mol. The molecular formula is C23H27N3O2. The van der Waals surface area contributed by atoms with Gasteiger partial charge in [-0.1, -0.05) is 31.2 Å². The fraction of sp³-hybridized carbons (Fsp3) is 0.391. The first-order valence-corrected chi connectivity index (χ1v) is 10.1. The average Bonchev–Trinajstić information content (AvgIpc) is 3.51. The van der Waals surface area contributed by atoms with E-state index in [9.17, 15) is 4.79 Å². The second kappa shape index (κ2) is 8.05. The quantitative estimate of drug-likeness (QED) is 0.638. The molecule has 1 saturated carbocycles. The highest BCUT2D eigenvalue weighted by Crippen LogP contribution is 2.30. The van der Waals surface area contributed by atoms with Crippen LogP contribution in [0, 0.1) is 5.92 Å². The second-order valence-corrected chi connectivity index (χ2v) is 7.46. The Bertz CT molecular complexity index is 958. The summed E-state index contributed by atoms with van der Waals surface area (Å²) in [5, 5.41) is 3.12. The number of ether oxygens (including phenoxy) is 1. The molecule has 3 aromatic rings. The molecule has 1 amide bonds. The number of carbonyl (C=O) groups is 1. The molecule has 0 aliphatic heterocycles. The van der Waals surface area contributed by atoms with Crippen LogP contribution in [0.4, 0.5) is 0 Å². The number of nitrogens with one attached hydrogen (secondary N) is 1. The van der Waals surface area contributed by atoms with E-state index in [1.54, 1.807) is 0 Å². The van der Waals surface area contributed by atoms with Gasteiger partial charge in [-0.3, -0.25) is 4.79 Å².